The minimum atomic E-state index is -0.0452. The number of carbonyl (C=O) groups excluding carboxylic acids is 1. The molecule has 6 nitrogen and oxygen atoms in total. The van der Waals surface area contributed by atoms with E-state index in [4.69, 9.17) is 0 Å². The van der Waals surface area contributed by atoms with E-state index < -0.39 is 0 Å². The molecule has 1 saturated heterocycles. The van der Waals surface area contributed by atoms with E-state index in [2.05, 4.69) is 38.8 Å². The maximum atomic E-state index is 13.2. The second-order valence-corrected chi connectivity index (χ2v) is 7.81. The van der Waals surface area contributed by atoms with Gasteiger partial charge in [-0.2, -0.15) is 0 Å². The molecule has 0 atom stereocenters. The third-order valence-electron chi connectivity index (χ3n) is 5.93. The minimum absolute atomic E-state index is 0.0452. The van der Waals surface area contributed by atoms with E-state index in [1.165, 1.54) is 0 Å². The number of aromatic nitrogens is 2. The van der Waals surface area contributed by atoms with Crippen molar-refractivity contribution in [3.63, 3.8) is 0 Å². The molecule has 0 radical (unpaired) electrons. The molecule has 1 fully saturated rings. The average molecular weight is 399 g/mol. The normalized spacial score (nSPS) is 21.0. The molecule has 0 saturated carbocycles. The number of nitrogens with zero attached hydrogens (tertiary/aromatic N) is 4. The maximum absolute atomic E-state index is 13.2. The van der Waals surface area contributed by atoms with Crippen LogP contribution in [0.3, 0.4) is 0 Å². The van der Waals surface area contributed by atoms with Crippen LogP contribution in [-0.4, -0.2) is 51.3 Å². The predicted octanol–water partition coefficient (Wildman–Crippen LogP) is 2.93. The van der Waals surface area contributed by atoms with Gasteiger partial charge < -0.3 is 14.6 Å². The largest absolute Gasteiger partial charge is 0.368 e. The van der Waals surface area contributed by atoms with Crippen LogP contribution in [-0.2, 0) is 4.79 Å². The third-order valence-corrected chi connectivity index (χ3v) is 5.93. The summed E-state index contributed by atoms with van der Waals surface area (Å²) in [6.07, 6.45) is 15.8. The summed E-state index contributed by atoms with van der Waals surface area (Å²) >= 11 is 0. The molecule has 152 valence electrons. The lowest BCUT2D eigenvalue weighted by Gasteiger charge is -2.33. The van der Waals surface area contributed by atoms with Crippen LogP contribution in [0.15, 0.2) is 72.4 Å². The summed E-state index contributed by atoms with van der Waals surface area (Å²) in [7, 11) is 0. The number of pyridine rings is 1. The highest BCUT2D eigenvalue weighted by Gasteiger charge is 2.21. The fourth-order valence-electron chi connectivity index (χ4n) is 4.07. The van der Waals surface area contributed by atoms with Crippen molar-refractivity contribution in [3.8, 4) is 0 Å². The fourth-order valence-corrected chi connectivity index (χ4v) is 4.07. The molecule has 0 bridgehead atoms. The molecule has 2 aromatic heterocycles. The van der Waals surface area contributed by atoms with Crippen molar-refractivity contribution in [2.24, 2.45) is 0 Å². The summed E-state index contributed by atoms with van der Waals surface area (Å²) in [5, 5.41) is 3.37. The van der Waals surface area contributed by atoms with Crippen LogP contribution in [0.4, 0.5) is 0 Å². The number of allylic oxidation sites excluding steroid dienone is 6. The number of rotatable bonds is 2. The summed E-state index contributed by atoms with van der Waals surface area (Å²) in [6, 6.07) is 4.02. The molecule has 6 heteroatoms. The van der Waals surface area contributed by atoms with Gasteiger partial charge in [0, 0.05) is 56.0 Å². The SMILES string of the molecule is Cc1nc2ccc(C3=CC(=O)N4C=C(N5CCNCC5)C=C/C4=C\C=C3)cn2c1C. The molecule has 3 aliphatic heterocycles. The van der Waals surface area contributed by atoms with E-state index in [9.17, 15) is 4.79 Å². The van der Waals surface area contributed by atoms with Crippen LogP contribution >= 0.6 is 0 Å². The second kappa shape index (κ2) is 7.46. The molecule has 3 aliphatic rings. The molecule has 1 N–H and O–H groups in total. The standard InChI is InChI=1S/C24H25N5O/c1-17-18(2)28-15-20(6-9-23(28)26-17)19-4-3-5-21-7-8-22(16-29(21)24(30)14-19)27-12-10-25-11-13-27/h3-9,14-16,25H,10-13H2,1-2H3/b4-3?,19-14?,21-5+. The Labute approximate surface area is 176 Å². The Morgan fingerprint density at radius 3 is 2.67 bits per heavy atom. The van der Waals surface area contributed by atoms with E-state index in [1.54, 1.807) is 11.0 Å². The topological polar surface area (TPSA) is 52.9 Å². The van der Waals surface area contributed by atoms with Crippen molar-refractivity contribution in [2.45, 2.75) is 13.8 Å². The Hall–Kier alpha value is -3.38. The molecule has 30 heavy (non-hydrogen) atoms. The number of carbonyl (C=O) groups is 1. The molecule has 0 unspecified atom stereocenters. The monoisotopic (exact) mass is 399 g/mol. The summed E-state index contributed by atoms with van der Waals surface area (Å²) in [5.41, 5.74) is 6.87. The predicted molar refractivity (Wildman–Crippen MR) is 118 cm³/mol. The first-order valence-electron chi connectivity index (χ1n) is 10.3. The first-order valence-corrected chi connectivity index (χ1v) is 10.3. The van der Waals surface area contributed by atoms with Gasteiger partial charge in [-0.3, -0.25) is 9.69 Å². The quantitative estimate of drug-likeness (QED) is 0.844. The van der Waals surface area contributed by atoms with Gasteiger partial charge in [0.1, 0.15) is 5.65 Å². The number of aryl methyl sites for hydroxylation is 2. The molecule has 0 aromatic carbocycles. The molecular weight excluding hydrogens is 374 g/mol. The fraction of sp³-hybridized carbons (Fsp3) is 0.250. The van der Waals surface area contributed by atoms with Gasteiger partial charge >= 0.3 is 0 Å². The van der Waals surface area contributed by atoms with Crippen molar-refractivity contribution >= 4 is 17.1 Å². The van der Waals surface area contributed by atoms with Gasteiger partial charge in [-0.1, -0.05) is 12.2 Å². The molecule has 5 rings (SSSR count). The van der Waals surface area contributed by atoms with Gasteiger partial charge in [-0.15, -0.1) is 0 Å². The molecular formula is C24H25N5O. The summed E-state index contributed by atoms with van der Waals surface area (Å²) in [5.74, 6) is -0.0452. The Kier molecular flexibility index (Phi) is 4.64. The van der Waals surface area contributed by atoms with Gasteiger partial charge in [0.15, 0.2) is 0 Å². The Balaban J connectivity index is 1.50. The first kappa shape index (κ1) is 18.6. The summed E-state index contributed by atoms with van der Waals surface area (Å²) < 4.78 is 2.08. The minimum Gasteiger partial charge on any atom is -0.368 e. The van der Waals surface area contributed by atoms with Gasteiger partial charge in [0.2, 0.25) is 0 Å². The van der Waals surface area contributed by atoms with Crippen molar-refractivity contribution in [2.75, 3.05) is 26.2 Å². The van der Waals surface area contributed by atoms with Crippen LogP contribution in [0.25, 0.3) is 11.2 Å². The number of piperazine rings is 1. The van der Waals surface area contributed by atoms with Crippen molar-refractivity contribution in [3.05, 3.63) is 89.3 Å². The summed E-state index contributed by atoms with van der Waals surface area (Å²) in [6.45, 7) is 7.89. The highest BCUT2D eigenvalue weighted by Crippen LogP contribution is 2.25. The first-order chi connectivity index (χ1) is 14.6. The lowest BCUT2D eigenvalue weighted by Crippen LogP contribution is -2.43. The Morgan fingerprint density at radius 1 is 1.03 bits per heavy atom. The van der Waals surface area contributed by atoms with E-state index in [-0.39, 0.29) is 5.91 Å². The van der Waals surface area contributed by atoms with Crippen molar-refractivity contribution < 1.29 is 4.79 Å². The molecule has 0 aliphatic carbocycles. The van der Waals surface area contributed by atoms with E-state index in [0.717, 1.165) is 65.7 Å². The maximum Gasteiger partial charge on any atom is 0.255 e. The van der Waals surface area contributed by atoms with Crippen LogP contribution in [0.1, 0.15) is 17.0 Å². The van der Waals surface area contributed by atoms with Crippen molar-refractivity contribution in [1.82, 2.24) is 24.5 Å². The highest BCUT2D eigenvalue weighted by atomic mass is 16.2. The van der Waals surface area contributed by atoms with Crippen LogP contribution < -0.4 is 5.32 Å². The van der Waals surface area contributed by atoms with Gasteiger partial charge in [-0.25, -0.2) is 4.98 Å². The number of nitrogens with one attached hydrogen (secondary N) is 1. The van der Waals surface area contributed by atoms with E-state index >= 15 is 0 Å². The third kappa shape index (κ3) is 3.29. The van der Waals surface area contributed by atoms with Crippen LogP contribution in [0.5, 0.6) is 0 Å². The smallest absolute Gasteiger partial charge is 0.255 e. The van der Waals surface area contributed by atoms with Gasteiger partial charge in [0.05, 0.1) is 11.4 Å². The van der Waals surface area contributed by atoms with E-state index in [1.807, 2.05) is 49.6 Å². The molecule has 0 spiro atoms. The zero-order valence-electron chi connectivity index (χ0n) is 17.3. The zero-order chi connectivity index (χ0) is 20.7. The van der Waals surface area contributed by atoms with Crippen molar-refractivity contribution in [1.29, 1.82) is 0 Å². The molecule has 5 heterocycles. The molecule has 1 amide bonds. The number of amides is 1. The number of fused-ring (bicyclic) bond motifs is 2. The van der Waals surface area contributed by atoms with Gasteiger partial charge in [-0.05, 0) is 55.3 Å². The molecule has 2 aromatic rings. The van der Waals surface area contributed by atoms with Crippen LogP contribution in [0, 0.1) is 13.8 Å². The lowest BCUT2D eigenvalue weighted by atomic mass is 10.0. The number of imidazole rings is 1. The number of hydrogen-bond acceptors (Lipinski definition) is 4. The zero-order valence-corrected chi connectivity index (χ0v) is 17.3. The van der Waals surface area contributed by atoms with Crippen LogP contribution in [0.2, 0.25) is 0 Å². The Bertz CT molecular complexity index is 1170. The summed E-state index contributed by atoms with van der Waals surface area (Å²) in [4.78, 5) is 21.8. The highest BCUT2D eigenvalue weighted by molar-refractivity contribution is 5.99. The van der Waals surface area contributed by atoms with Gasteiger partial charge in [0.25, 0.3) is 5.91 Å². The number of hydrogen-bond donors (Lipinski definition) is 1. The average Bonchev–Trinajstić information content (AvgIpc) is 3.05. The second-order valence-electron chi connectivity index (χ2n) is 7.81. The lowest BCUT2D eigenvalue weighted by molar-refractivity contribution is -0.122. The van der Waals surface area contributed by atoms with E-state index in [0.29, 0.717) is 0 Å². The Morgan fingerprint density at radius 2 is 1.83 bits per heavy atom.